The third-order valence-electron chi connectivity index (χ3n) is 4.51. The van der Waals surface area contributed by atoms with E-state index >= 15 is 0 Å². The Labute approximate surface area is 149 Å². The van der Waals surface area contributed by atoms with Gasteiger partial charge in [0.2, 0.25) is 11.6 Å². The zero-order valence-corrected chi connectivity index (χ0v) is 15.1. The lowest BCUT2D eigenvalue weighted by molar-refractivity contribution is 0.186. The Bertz CT molecular complexity index is 552. The SMILES string of the molecule is CCCOc1ccc(OCC2CCC(C=CCOC)CC2)c(F)c1F. The van der Waals surface area contributed by atoms with Gasteiger partial charge in [-0.15, -0.1) is 0 Å². The Kier molecular flexibility index (Phi) is 8.19. The first-order valence-electron chi connectivity index (χ1n) is 9.04. The number of hydrogen-bond acceptors (Lipinski definition) is 3. The number of ether oxygens (including phenoxy) is 3. The highest BCUT2D eigenvalue weighted by Gasteiger charge is 2.21. The van der Waals surface area contributed by atoms with Gasteiger partial charge in [-0.1, -0.05) is 19.1 Å². The smallest absolute Gasteiger partial charge is 0.204 e. The monoisotopic (exact) mass is 354 g/mol. The standard InChI is InChI=1S/C20H28F2O3/c1-3-12-24-17-10-11-18(20(22)19(17)21)25-14-16-8-6-15(7-9-16)5-4-13-23-2/h4-5,10-11,15-16H,3,6-9,12-14H2,1-2H3. The van der Waals surface area contributed by atoms with Crippen molar-refractivity contribution in [2.24, 2.45) is 11.8 Å². The molecule has 0 saturated heterocycles. The molecule has 3 nitrogen and oxygen atoms in total. The summed E-state index contributed by atoms with van der Waals surface area (Å²) in [5.41, 5.74) is 0. The molecule has 1 saturated carbocycles. The molecule has 0 radical (unpaired) electrons. The van der Waals surface area contributed by atoms with Gasteiger partial charge in [0.1, 0.15) is 0 Å². The normalized spacial score (nSPS) is 20.8. The van der Waals surface area contributed by atoms with Crippen molar-refractivity contribution in [3.8, 4) is 11.5 Å². The molecular weight excluding hydrogens is 326 g/mol. The van der Waals surface area contributed by atoms with Crippen LogP contribution in [0, 0.1) is 23.5 Å². The van der Waals surface area contributed by atoms with E-state index in [2.05, 4.69) is 12.2 Å². The third kappa shape index (κ3) is 5.99. The number of halogens is 2. The van der Waals surface area contributed by atoms with E-state index in [0.717, 1.165) is 32.1 Å². The predicted molar refractivity (Wildman–Crippen MR) is 94.1 cm³/mol. The van der Waals surface area contributed by atoms with E-state index in [-0.39, 0.29) is 11.5 Å². The molecule has 0 unspecified atom stereocenters. The van der Waals surface area contributed by atoms with Crippen molar-refractivity contribution >= 4 is 0 Å². The van der Waals surface area contributed by atoms with E-state index in [1.165, 1.54) is 12.1 Å². The topological polar surface area (TPSA) is 27.7 Å². The second-order valence-corrected chi connectivity index (χ2v) is 6.51. The van der Waals surface area contributed by atoms with Crippen molar-refractivity contribution in [2.45, 2.75) is 39.0 Å². The Morgan fingerprint density at radius 2 is 1.68 bits per heavy atom. The fourth-order valence-corrected chi connectivity index (χ4v) is 3.05. The highest BCUT2D eigenvalue weighted by Crippen LogP contribution is 2.32. The van der Waals surface area contributed by atoms with Gasteiger partial charge in [-0.05, 0) is 56.1 Å². The number of allylic oxidation sites excluding steroid dienone is 1. The predicted octanol–water partition coefficient (Wildman–Crippen LogP) is 5.14. The van der Waals surface area contributed by atoms with E-state index in [0.29, 0.717) is 31.7 Å². The average Bonchev–Trinajstić information content (AvgIpc) is 2.63. The molecule has 0 aliphatic heterocycles. The quantitative estimate of drug-likeness (QED) is 0.575. The maximum absolute atomic E-state index is 14.1. The van der Waals surface area contributed by atoms with E-state index in [1.54, 1.807) is 7.11 Å². The average molecular weight is 354 g/mol. The molecule has 1 aliphatic rings. The van der Waals surface area contributed by atoms with Gasteiger partial charge in [0.15, 0.2) is 11.5 Å². The summed E-state index contributed by atoms with van der Waals surface area (Å²) in [4.78, 5) is 0. The van der Waals surface area contributed by atoms with E-state index in [1.807, 2.05) is 6.92 Å². The van der Waals surface area contributed by atoms with Gasteiger partial charge >= 0.3 is 0 Å². The van der Waals surface area contributed by atoms with Crippen LogP contribution >= 0.6 is 0 Å². The molecule has 0 N–H and O–H groups in total. The third-order valence-corrected chi connectivity index (χ3v) is 4.51. The summed E-state index contributed by atoms with van der Waals surface area (Å²) in [5, 5.41) is 0. The maximum atomic E-state index is 14.1. The van der Waals surface area contributed by atoms with Crippen molar-refractivity contribution in [2.75, 3.05) is 26.9 Å². The van der Waals surface area contributed by atoms with Crippen molar-refractivity contribution in [1.29, 1.82) is 0 Å². The van der Waals surface area contributed by atoms with Crippen LogP contribution in [0.5, 0.6) is 11.5 Å². The summed E-state index contributed by atoms with van der Waals surface area (Å²) < 4.78 is 43.8. The van der Waals surface area contributed by atoms with E-state index in [9.17, 15) is 8.78 Å². The van der Waals surface area contributed by atoms with Gasteiger partial charge in [-0.25, -0.2) is 0 Å². The van der Waals surface area contributed by atoms with Crippen molar-refractivity contribution in [3.05, 3.63) is 35.9 Å². The summed E-state index contributed by atoms with van der Waals surface area (Å²) in [5.74, 6) is -1.08. The largest absolute Gasteiger partial charge is 0.490 e. The Morgan fingerprint density at radius 3 is 2.28 bits per heavy atom. The first-order valence-corrected chi connectivity index (χ1v) is 9.04. The number of methoxy groups -OCH3 is 1. The lowest BCUT2D eigenvalue weighted by Crippen LogP contribution is -2.19. The van der Waals surface area contributed by atoms with Crippen LogP contribution in [0.1, 0.15) is 39.0 Å². The first kappa shape index (κ1) is 19.7. The number of benzene rings is 1. The molecule has 1 aromatic rings. The molecule has 1 fully saturated rings. The molecule has 5 heteroatoms. The second-order valence-electron chi connectivity index (χ2n) is 6.51. The fraction of sp³-hybridized carbons (Fsp3) is 0.600. The molecule has 2 rings (SSSR count). The van der Waals surface area contributed by atoms with Crippen LogP contribution in [0.3, 0.4) is 0 Å². The van der Waals surface area contributed by atoms with Gasteiger partial charge in [0.05, 0.1) is 19.8 Å². The first-order chi connectivity index (χ1) is 12.2. The summed E-state index contributed by atoms with van der Waals surface area (Å²) in [6.45, 7) is 3.33. The Hall–Kier alpha value is -1.62. The Morgan fingerprint density at radius 1 is 1.04 bits per heavy atom. The van der Waals surface area contributed by atoms with Crippen molar-refractivity contribution in [1.82, 2.24) is 0 Å². The zero-order valence-electron chi connectivity index (χ0n) is 15.1. The highest BCUT2D eigenvalue weighted by atomic mass is 19.2. The van der Waals surface area contributed by atoms with Crippen LogP contribution in [-0.2, 0) is 4.74 Å². The molecule has 0 heterocycles. The van der Waals surface area contributed by atoms with Gasteiger partial charge in [0, 0.05) is 7.11 Å². The summed E-state index contributed by atoms with van der Waals surface area (Å²) in [6.07, 6.45) is 9.26. The van der Waals surface area contributed by atoms with Crippen LogP contribution in [0.2, 0.25) is 0 Å². The summed E-state index contributed by atoms with van der Waals surface area (Å²) in [6, 6.07) is 2.88. The van der Waals surface area contributed by atoms with Crippen molar-refractivity contribution in [3.63, 3.8) is 0 Å². The minimum Gasteiger partial charge on any atom is -0.490 e. The molecule has 0 aromatic heterocycles. The van der Waals surface area contributed by atoms with Gasteiger partial charge < -0.3 is 14.2 Å². The molecule has 1 aliphatic carbocycles. The molecule has 25 heavy (non-hydrogen) atoms. The van der Waals surface area contributed by atoms with Crippen molar-refractivity contribution < 1.29 is 23.0 Å². The lowest BCUT2D eigenvalue weighted by atomic mass is 9.82. The van der Waals surface area contributed by atoms with Gasteiger partial charge in [-0.2, -0.15) is 8.78 Å². The zero-order chi connectivity index (χ0) is 18.1. The van der Waals surface area contributed by atoms with Crippen LogP contribution < -0.4 is 9.47 Å². The summed E-state index contributed by atoms with van der Waals surface area (Å²) >= 11 is 0. The Balaban J connectivity index is 1.81. The minimum atomic E-state index is -0.974. The van der Waals surface area contributed by atoms with E-state index in [4.69, 9.17) is 14.2 Å². The minimum absolute atomic E-state index is 0.0385. The maximum Gasteiger partial charge on any atom is 0.204 e. The van der Waals surface area contributed by atoms with Crippen LogP contribution in [0.25, 0.3) is 0 Å². The molecule has 0 amide bonds. The molecular formula is C20H28F2O3. The molecule has 1 aromatic carbocycles. The van der Waals surface area contributed by atoms with Gasteiger partial charge in [0.25, 0.3) is 0 Å². The molecule has 140 valence electrons. The van der Waals surface area contributed by atoms with Crippen LogP contribution in [-0.4, -0.2) is 26.9 Å². The molecule has 0 atom stereocenters. The van der Waals surface area contributed by atoms with Crippen LogP contribution in [0.4, 0.5) is 8.78 Å². The van der Waals surface area contributed by atoms with Crippen LogP contribution in [0.15, 0.2) is 24.3 Å². The highest BCUT2D eigenvalue weighted by molar-refractivity contribution is 5.35. The number of hydrogen-bond donors (Lipinski definition) is 0. The van der Waals surface area contributed by atoms with Gasteiger partial charge in [-0.3, -0.25) is 0 Å². The second kappa shape index (κ2) is 10.4. The fourth-order valence-electron chi connectivity index (χ4n) is 3.05. The molecule has 0 spiro atoms. The lowest BCUT2D eigenvalue weighted by Gasteiger charge is -2.26. The van der Waals surface area contributed by atoms with E-state index < -0.39 is 11.6 Å². The molecule has 0 bridgehead atoms. The number of rotatable bonds is 9. The summed E-state index contributed by atoms with van der Waals surface area (Å²) in [7, 11) is 1.68.